The van der Waals surface area contributed by atoms with E-state index in [1.54, 1.807) is 0 Å². The summed E-state index contributed by atoms with van der Waals surface area (Å²) in [6.07, 6.45) is 7.82. The van der Waals surface area contributed by atoms with Gasteiger partial charge in [-0.25, -0.2) is 0 Å². The Labute approximate surface area is 198 Å². The molecule has 0 atom stereocenters. The summed E-state index contributed by atoms with van der Waals surface area (Å²) in [5, 5.41) is 36.1. The zero-order chi connectivity index (χ0) is 23.7. The summed E-state index contributed by atoms with van der Waals surface area (Å²) in [5.41, 5.74) is -1.80. The molecule has 0 aromatic carbocycles. The molecule has 4 N–H and O–H groups in total. The van der Waals surface area contributed by atoms with Crippen LogP contribution in [-0.4, -0.2) is 42.8 Å². The summed E-state index contributed by atoms with van der Waals surface area (Å²) in [6, 6.07) is 0. The summed E-state index contributed by atoms with van der Waals surface area (Å²) < 4.78 is 0. The van der Waals surface area contributed by atoms with Gasteiger partial charge in [0.2, 0.25) is 0 Å². The van der Waals surface area contributed by atoms with E-state index in [9.17, 15) is 0 Å². The third-order valence-corrected chi connectivity index (χ3v) is 3.45. The second kappa shape index (κ2) is 20.5. The minimum atomic E-state index is -0.450. The molecular weight excluding hydrogens is 400 g/mol. The van der Waals surface area contributed by atoms with Gasteiger partial charge in [-0.15, -0.1) is 0 Å². The normalized spacial score (nSPS) is 11.6. The van der Waals surface area contributed by atoms with Crippen molar-refractivity contribution in [1.29, 1.82) is 0 Å². The predicted molar refractivity (Wildman–Crippen MR) is 125 cm³/mol. The molecule has 0 aliphatic heterocycles. The minimum Gasteiger partial charge on any atom is -0.390 e. The molecule has 0 bridgehead atoms. The molecule has 0 aromatic rings. The molecule has 0 rings (SSSR count). The van der Waals surface area contributed by atoms with E-state index in [1.807, 2.05) is 55.4 Å². The third kappa shape index (κ3) is 73.5. The largest absolute Gasteiger partial charge is 0.390 e. The standard InChI is InChI=1S/4C6H14O.Ti/c4*1-4-5-6(2,3)7;/h4*7H,4-5H2,1-3H3;. The maximum atomic E-state index is 9.02. The van der Waals surface area contributed by atoms with Crippen LogP contribution in [0.5, 0.6) is 0 Å². The number of rotatable bonds is 8. The van der Waals surface area contributed by atoms with E-state index in [4.69, 9.17) is 20.4 Å². The van der Waals surface area contributed by atoms with Crippen LogP contribution in [0.4, 0.5) is 0 Å². The van der Waals surface area contributed by atoms with E-state index in [1.165, 1.54) is 0 Å². The van der Waals surface area contributed by atoms with Crippen LogP contribution in [0.1, 0.15) is 134 Å². The summed E-state index contributed by atoms with van der Waals surface area (Å²) in [4.78, 5) is 0. The molecule has 0 radical (unpaired) electrons. The second-order valence-electron chi connectivity index (χ2n) is 10.2. The maximum absolute atomic E-state index is 9.02. The van der Waals surface area contributed by atoms with Crippen molar-refractivity contribution < 1.29 is 42.1 Å². The van der Waals surface area contributed by atoms with E-state index in [2.05, 4.69) is 27.7 Å². The van der Waals surface area contributed by atoms with Crippen molar-refractivity contribution in [3.63, 3.8) is 0 Å². The van der Waals surface area contributed by atoms with Gasteiger partial charge in [-0.3, -0.25) is 0 Å². The van der Waals surface area contributed by atoms with Gasteiger partial charge in [0.1, 0.15) is 0 Å². The van der Waals surface area contributed by atoms with Crippen molar-refractivity contribution in [2.24, 2.45) is 0 Å². The molecule has 0 aliphatic carbocycles. The van der Waals surface area contributed by atoms with Crippen LogP contribution in [0.15, 0.2) is 0 Å². The fraction of sp³-hybridized carbons (Fsp3) is 1.00. The predicted octanol–water partition coefficient (Wildman–Crippen LogP) is 6.23. The average Bonchev–Trinajstić information content (AvgIpc) is 2.34. The second-order valence-corrected chi connectivity index (χ2v) is 10.2. The first-order valence-corrected chi connectivity index (χ1v) is 11.1. The van der Waals surface area contributed by atoms with Crippen LogP contribution >= 0.6 is 0 Å². The maximum Gasteiger partial charge on any atom is 0.0591 e. The fourth-order valence-electron chi connectivity index (χ4n) is 2.45. The van der Waals surface area contributed by atoms with E-state index < -0.39 is 22.4 Å². The molecule has 0 spiro atoms. The van der Waals surface area contributed by atoms with Crippen molar-refractivity contribution in [1.82, 2.24) is 0 Å². The molecule has 0 heterocycles. The van der Waals surface area contributed by atoms with Gasteiger partial charge in [-0.2, -0.15) is 0 Å². The molecule has 180 valence electrons. The Morgan fingerprint density at radius 2 is 0.483 bits per heavy atom. The van der Waals surface area contributed by atoms with Gasteiger partial charge in [-0.1, -0.05) is 53.4 Å². The van der Waals surface area contributed by atoms with Crippen LogP contribution in [0.3, 0.4) is 0 Å². The van der Waals surface area contributed by atoms with Gasteiger partial charge in [0.05, 0.1) is 22.4 Å². The quantitative estimate of drug-likeness (QED) is 0.327. The van der Waals surface area contributed by atoms with Crippen molar-refractivity contribution in [2.75, 3.05) is 0 Å². The minimum absolute atomic E-state index is 0. The zero-order valence-corrected chi connectivity index (χ0v) is 23.5. The number of hydrogen-bond donors (Lipinski definition) is 4. The van der Waals surface area contributed by atoms with Crippen LogP contribution < -0.4 is 0 Å². The van der Waals surface area contributed by atoms with Crippen LogP contribution in [-0.2, 0) is 21.7 Å². The van der Waals surface area contributed by atoms with Crippen molar-refractivity contribution in [3.8, 4) is 0 Å². The Hall–Kier alpha value is 0.554. The summed E-state index contributed by atoms with van der Waals surface area (Å²) in [5.74, 6) is 0. The number of hydrogen-bond acceptors (Lipinski definition) is 4. The molecule has 0 unspecified atom stereocenters. The summed E-state index contributed by atoms with van der Waals surface area (Å²) in [7, 11) is 0. The van der Waals surface area contributed by atoms with Gasteiger partial charge in [-0.05, 0) is 81.1 Å². The SMILES string of the molecule is CCCC(C)(C)O.CCCC(C)(C)O.CCCC(C)(C)O.CCCC(C)(C)O.[Ti]. The van der Waals surface area contributed by atoms with E-state index in [0.29, 0.717) is 0 Å². The van der Waals surface area contributed by atoms with Crippen LogP contribution in [0.25, 0.3) is 0 Å². The van der Waals surface area contributed by atoms with Gasteiger partial charge in [0, 0.05) is 21.7 Å². The molecule has 0 aliphatic rings. The smallest absolute Gasteiger partial charge is 0.0591 e. The van der Waals surface area contributed by atoms with Gasteiger partial charge >= 0.3 is 0 Å². The van der Waals surface area contributed by atoms with E-state index in [0.717, 1.165) is 51.4 Å². The van der Waals surface area contributed by atoms with Gasteiger partial charge < -0.3 is 20.4 Å². The first-order valence-electron chi connectivity index (χ1n) is 11.1. The van der Waals surface area contributed by atoms with Crippen molar-refractivity contribution in [3.05, 3.63) is 0 Å². The fourth-order valence-corrected chi connectivity index (χ4v) is 2.45. The Balaban J connectivity index is -0.0000000873. The Bertz CT molecular complexity index is 241. The van der Waals surface area contributed by atoms with Gasteiger partial charge in [0.25, 0.3) is 0 Å². The average molecular weight is 457 g/mol. The van der Waals surface area contributed by atoms with E-state index in [-0.39, 0.29) is 21.7 Å². The molecule has 0 saturated carbocycles. The number of aliphatic hydroxyl groups is 4. The van der Waals surface area contributed by atoms with Crippen molar-refractivity contribution >= 4 is 0 Å². The Kier molecular flexibility index (Phi) is 28.2. The molecular formula is C24H56O4Ti. The molecule has 29 heavy (non-hydrogen) atoms. The van der Waals surface area contributed by atoms with Crippen LogP contribution in [0, 0.1) is 0 Å². The topological polar surface area (TPSA) is 80.9 Å². The van der Waals surface area contributed by atoms with Crippen LogP contribution in [0.2, 0.25) is 0 Å². The van der Waals surface area contributed by atoms with Crippen molar-refractivity contribution in [2.45, 2.75) is 157 Å². The summed E-state index contributed by atoms with van der Waals surface area (Å²) >= 11 is 0. The molecule has 5 heteroatoms. The first kappa shape index (κ1) is 40.0. The third-order valence-electron chi connectivity index (χ3n) is 3.45. The monoisotopic (exact) mass is 456 g/mol. The van der Waals surface area contributed by atoms with E-state index >= 15 is 0 Å². The Morgan fingerprint density at radius 3 is 0.483 bits per heavy atom. The molecule has 0 fully saturated rings. The molecule has 0 amide bonds. The molecule has 4 nitrogen and oxygen atoms in total. The van der Waals surface area contributed by atoms with Gasteiger partial charge in [0.15, 0.2) is 0 Å². The Morgan fingerprint density at radius 1 is 0.379 bits per heavy atom. The molecule has 0 aromatic heterocycles. The first-order chi connectivity index (χ1) is 12.2. The molecule has 0 saturated heterocycles. The summed E-state index contributed by atoms with van der Waals surface area (Å²) in [6.45, 7) is 22.9. The zero-order valence-electron chi connectivity index (χ0n) is 21.9.